The standard InChI is InChI=1S/C25H27ClO3/c1-6-28-24(27)23-21(22(16(2)3)25(4,5)29-23)20(17-10-8-7-9-11-17)18-12-14-19(26)15-13-18/h7-15,23H,6H2,1-5H3/b21-20-. The zero-order valence-corrected chi connectivity index (χ0v) is 18.3. The molecule has 0 aliphatic carbocycles. The lowest BCUT2D eigenvalue weighted by molar-refractivity contribution is -0.156. The lowest BCUT2D eigenvalue weighted by Crippen LogP contribution is -2.28. The Balaban J connectivity index is 2.39. The van der Waals surface area contributed by atoms with Crippen LogP contribution in [0.3, 0.4) is 0 Å². The van der Waals surface area contributed by atoms with Crippen molar-refractivity contribution in [3.63, 3.8) is 0 Å². The van der Waals surface area contributed by atoms with Crippen molar-refractivity contribution >= 4 is 23.1 Å². The van der Waals surface area contributed by atoms with E-state index in [0.29, 0.717) is 11.6 Å². The van der Waals surface area contributed by atoms with E-state index in [4.69, 9.17) is 21.1 Å². The summed E-state index contributed by atoms with van der Waals surface area (Å²) in [7, 11) is 0. The minimum Gasteiger partial charge on any atom is -0.464 e. The molecular weight excluding hydrogens is 384 g/mol. The van der Waals surface area contributed by atoms with Gasteiger partial charge in [-0.15, -0.1) is 0 Å². The first-order valence-electron chi connectivity index (χ1n) is 9.84. The van der Waals surface area contributed by atoms with E-state index in [-0.39, 0.29) is 5.97 Å². The third kappa shape index (κ3) is 4.31. The maximum absolute atomic E-state index is 12.9. The molecule has 0 saturated carbocycles. The van der Waals surface area contributed by atoms with Gasteiger partial charge >= 0.3 is 5.97 Å². The Labute approximate surface area is 178 Å². The van der Waals surface area contributed by atoms with Crippen LogP contribution in [0.25, 0.3) is 5.57 Å². The van der Waals surface area contributed by atoms with Crippen molar-refractivity contribution in [3.8, 4) is 0 Å². The lowest BCUT2D eigenvalue weighted by Gasteiger charge is -2.21. The number of hydrogen-bond donors (Lipinski definition) is 0. The molecule has 0 bridgehead atoms. The smallest absolute Gasteiger partial charge is 0.340 e. The number of esters is 1. The number of rotatable bonds is 4. The van der Waals surface area contributed by atoms with Crippen LogP contribution in [-0.4, -0.2) is 24.3 Å². The van der Waals surface area contributed by atoms with E-state index >= 15 is 0 Å². The molecule has 2 aromatic rings. The van der Waals surface area contributed by atoms with E-state index in [1.807, 2.05) is 68.4 Å². The number of benzene rings is 2. The summed E-state index contributed by atoms with van der Waals surface area (Å²) in [5, 5.41) is 0.665. The number of allylic oxidation sites excluding steroid dienone is 1. The fraction of sp³-hybridized carbons (Fsp3) is 0.320. The second-order valence-corrected chi connectivity index (χ2v) is 8.23. The third-order valence-electron chi connectivity index (χ3n) is 5.01. The van der Waals surface area contributed by atoms with Crippen LogP contribution in [0.15, 0.2) is 71.3 Å². The van der Waals surface area contributed by atoms with Gasteiger partial charge in [0.15, 0.2) is 6.10 Å². The zero-order valence-electron chi connectivity index (χ0n) is 17.6. The van der Waals surface area contributed by atoms with Crippen LogP contribution in [-0.2, 0) is 14.3 Å². The van der Waals surface area contributed by atoms with E-state index in [0.717, 1.165) is 33.4 Å². The molecule has 1 saturated heterocycles. The van der Waals surface area contributed by atoms with Crippen molar-refractivity contribution in [2.45, 2.75) is 46.3 Å². The summed E-state index contributed by atoms with van der Waals surface area (Å²) < 4.78 is 11.7. The topological polar surface area (TPSA) is 35.5 Å². The van der Waals surface area contributed by atoms with Gasteiger partial charge in [0, 0.05) is 10.6 Å². The Bertz CT molecular complexity index is 949. The monoisotopic (exact) mass is 410 g/mol. The average molecular weight is 411 g/mol. The SMILES string of the molecule is CCOC(=O)C1OC(C)(C)C(=C(C)C)/C1=C(\c1ccccc1)c1ccc(Cl)cc1. The van der Waals surface area contributed by atoms with Crippen LogP contribution in [0.1, 0.15) is 45.7 Å². The molecular formula is C25H27ClO3. The van der Waals surface area contributed by atoms with E-state index in [9.17, 15) is 4.79 Å². The van der Waals surface area contributed by atoms with Gasteiger partial charge in [0.25, 0.3) is 0 Å². The maximum Gasteiger partial charge on any atom is 0.340 e. The van der Waals surface area contributed by atoms with E-state index in [2.05, 4.69) is 13.8 Å². The molecule has 4 heteroatoms. The van der Waals surface area contributed by atoms with Crippen molar-refractivity contribution < 1.29 is 14.3 Å². The van der Waals surface area contributed by atoms with Gasteiger partial charge in [-0.05, 0) is 69.0 Å². The second kappa shape index (κ2) is 8.56. The molecule has 0 radical (unpaired) electrons. The summed E-state index contributed by atoms with van der Waals surface area (Å²) in [6.45, 7) is 10.2. The number of carbonyl (C=O) groups is 1. The van der Waals surface area contributed by atoms with Crippen LogP contribution < -0.4 is 0 Å². The van der Waals surface area contributed by atoms with Crippen LogP contribution in [0.5, 0.6) is 0 Å². The van der Waals surface area contributed by atoms with Gasteiger partial charge in [0.1, 0.15) is 0 Å². The minimum atomic E-state index is -0.791. The first-order valence-corrected chi connectivity index (χ1v) is 10.2. The highest BCUT2D eigenvalue weighted by Crippen LogP contribution is 2.47. The predicted molar refractivity (Wildman–Crippen MR) is 118 cm³/mol. The molecule has 1 atom stereocenters. The molecule has 29 heavy (non-hydrogen) atoms. The molecule has 1 unspecified atom stereocenters. The Morgan fingerprint density at radius 2 is 1.62 bits per heavy atom. The highest BCUT2D eigenvalue weighted by atomic mass is 35.5. The van der Waals surface area contributed by atoms with Crippen LogP contribution in [0, 0.1) is 0 Å². The number of ether oxygens (including phenoxy) is 2. The summed E-state index contributed by atoms with van der Waals surface area (Å²) in [4.78, 5) is 12.9. The molecule has 3 rings (SSSR count). The first kappa shape index (κ1) is 21.4. The Kier molecular flexibility index (Phi) is 6.30. The highest BCUT2D eigenvalue weighted by Gasteiger charge is 2.47. The maximum atomic E-state index is 12.9. The van der Waals surface area contributed by atoms with E-state index in [1.165, 1.54) is 0 Å². The molecule has 2 aromatic carbocycles. The van der Waals surface area contributed by atoms with Gasteiger partial charge < -0.3 is 9.47 Å². The first-order chi connectivity index (χ1) is 13.8. The predicted octanol–water partition coefficient (Wildman–Crippen LogP) is 6.22. The molecule has 0 N–H and O–H groups in total. The van der Waals surface area contributed by atoms with Crippen molar-refractivity contribution in [2.75, 3.05) is 6.61 Å². The zero-order chi connectivity index (χ0) is 21.2. The van der Waals surface area contributed by atoms with Gasteiger partial charge in [-0.1, -0.05) is 59.6 Å². The van der Waals surface area contributed by atoms with Gasteiger partial charge in [-0.2, -0.15) is 0 Å². The molecule has 1 heterocycles. The summed E-state index contributed by atoms with van der Waals surface area (Å²) in [5.41, 5.74) is 5.34. The van der Waals surface area contributed by atoms with Crippen molar-refractivity contribution in [1.29, 1.82) is 0 Å². The van der Waals surface area contributed by atoms with Gasteiger partial charge in [0.05, 0.1) is 12.2 Å². The molecule has 152 valence electrons. The normalized spacial score (nSPS) is 19.8. The van der Waals surface area contributed by atoms with Crippen molar-refractivity contribution in [2.24, 2.45) is 0 Å². The Morgan fingerprint density at radius 1 is 1.03 bits per heavy atom. The largest absolute Gasteiger partial charge is 0.464 e. The number of halogens is 1. The van der Waals surface area contributed by atoms with Gasteiger partial charge in [-0.3, -0.25) is 0 Å². The summed E-state index contributed by atoms with van der Waals surface area (Å²) in [6, 6.07) is 17.8. The fourth-order valence-electron chi connectivity index (χ4n) is 4.08. The Hall–Kier alpha value is -2.36. The molecule has 1 aliphatic rings. The molecule has 1 fully saturated rings. The molecule has 3 nitrogen and oxygen atoms in total. The second-order valence-electron chi connectivity index (χ2n) is 7.80. The molecule has 0 aromatic heterocycles. The average Bonchev–Trinajstić information content (AvgIpc) is 2.96. The minimum absolute atomic E-state index is 0.304. The van der Waals surface area contributed by atoms with Gasteiger partial charge in [-0.25, -0.2) is 4.79 Å². The third-order valence-corrected chi connectivity index (χ3v) is 5.26. The summed E-state index contributed by atoms with van der Waals surface area (Å²) >= 11 is 6.14. The quantitative estimate of drug-likeness (QED) is 0.561. The van der Waals surface area contributed by atoms with Crippen LogP contribution >= 0.6 is 11.6 Å². The summed E-state index contributed by atoms with van der Waals surface area (Å²) in [5.74, 6) is -0.366. The molecule has 0 amide bonds. The highest BCUT2D eigenvalue weighted by molar-refractivity contribution is 6.30. The van der Waals surface area contributed by atoms with Crippen molar-refractivity contribution in [3.05, 3.63) is 87.5 Å². The Morgan fingerprint density at radius 3 is 2.17 bits per heavy atom. The van der Waals surface area contributed by atoms with Crippen LogP contribution in [0.4, 0.5) is 0 Å². The van der Waals surface area contributed by atoms with Crippen LogP contribution in [0.2, 0.25) is 5.02 Å². The lowest BCUT2D eigenvalue weighted by atomic mass is 9.82. The molecule has 0 spiro atoms. The number of carbonyl (C=O) groups excluding carboxylic acids is 1. The summed E-state index contributed by atoms with van der Waals surface area (Å²) in [6.07, 6.45) is -0.791. The van der Waals surface area contributed by atoms with E-state index in [1.54, 1.807) is 6.92 Å². The molecule has 1 aliphatic heterocycles. The van der Waals surface area contributed by atoms with E-state index < -0.39 is 11.7 Å². The number of hydrogen-bond acceptors (Lipinski definition) is 3. The van der Waals surface area contributed by atoms with Crippen molar-refractivity contribution in [1.82, 2.24) is 0 Å². The fourth-order valence-corrected chi connectivity index (χ4v) is 4.20. The van der Waals surface area contributed by atoms with Gasteiger partial charge in [0.2, 0.25) is 0 Å².